The van der Waals surface area contributed by atoms with Gasteiger partial charge in [0, 0.05) is 13.3 Å². The van der Waals surface area contributed by atoms with Crippen molar-refractivity contribution in [3.63, 3.8) is 0 Å². The third-order valence-corrected chi connectivity index (χ3v) is 2.79. The molecule has 0 bridgehead atoms. The number of nitrogens with zero attached hydrogens (tertiary/aromatic N) is 2. The smallest absolute Gasteiger partial charge is 0.351 e. The highest BCUT2D eigenvalue weighted by molar-refractivity contribution is 5.23. The van der Waals surface area contributed by atoms with E-state index in [1.165, 1.54) is 19.4 Å². The molecule has 1 saturated heterocycles. The lowest BCUT2D eigenvalue weighted by atomic mass is 10.1. The predicted molar refractivity (Wildman–Crippen MR) is 60.7 cm³/mol. The summed E-state index contributed by atoms with van der Waals surface area (Å²) in [7, 11) is 1.45. The van der Waals surface area contributed by atoms with Crippen LogP contribution in [0.1, 0.15) is 6.23 Å². The minimum absolute atomic E-state index is 0.0812. The molecule has 8 nitrogen and oxygen atoms in total. The molecule has 0 amide bonds. The number of hydrogen-bond acceptors (Lipinski definition) is 7. The molecule has 1 aliphatic heterocycles. The van der Waals surface area contributed by atoms with Gasteiger partial charge in [0.05, 0.1) is 6.61 Å². The lowest BCUT2D eigenvalue weighted by molar-refractivity contribution is -0.0613. The standard InChI is InChI=1S/C10H15N3O5/c1-17-4-5-7(14)8(15)9(18-5)13-3-2-6(11)12-10(13)16/h2-3,5,7-9,14-15H,4H2,1H3,(H2,11,12,16)/t5-,7-,8?,9-/m1/s1. The van der Waals surface area contributed by atoms with Crippen molar-refractivity contribution in [2.24, 2.45) is 0 Å². The lowest BCUT2D eigenvalue weighted by Gasteiger charge is -2.16. The van der Waals surface area contributed by atoms with Crippen molar-refractivity contribution in [2.45, 2.75) is 24.5 Å². The normalized spacial score (nSPS) is 31.7. The van der Waals surface area contributed by atoms with Gasteiger partial charge in [0.15, 0.2) is 6.23 Å². The first kappa shape index (κ1) is 13.0. The van der Waals surface area contributed by atoms with Crippen molar-refractivity contribution in [3.05, 3.63) is 22.7 Å². The van der Waals surface area contributed by atoms with Crippen LogP contribution in [0.2, 0.25) is 0 Å². The summed E-state index contributed by atoms with van der Waals surface area (Å²) in [5, 5.41) is 19.6. The van der Waals surface area contributed by atoms with Gasteiger partial charge >= 0.3 is 5.69 Å². The van der Waals surface area contributed by atoms with E-state index in [2.05, 4.69) is 4.98 Å². The number of ether oxygens (including phenoxy) is 2. The first-order valence-corrected chi connectivity index (χ1v) is 5.39. The van der Waals surface area contributed by atoms with Crippen LogP contribution in [-0.4, -0.2) is 51.8 Å². The molecule has 2 heterocycles. The largest absolute Gasteiger partial charge is 0.387 e. The van der Waals surface area contributed by atoms with Gasteiger partial charge in [0.2, 0.25) is 0 Å². The Bertz CT molecular complexity index is 477. The number of aliphatic hydroxyl groups is 2. The highest BCUT2D eigenvalue weighted by Gasteiger charge is 2.44. The number of aliphatic hydroxyl groups excluding tert-OH is 2. The van der Waals surface area contributed by atoms with Crippen LogP contribution in [-0.2, 0) is 9.47 Å². The summed E-state index contributed by atoms with van der Waals surface area (Å²) in [6.07, 6.45) is -2.69. The molecule has 1 aromatic heterocycles. The van der Waals surface area contributed by atoms with E-state index in [9.17, 15) is 15.0 Å². The second kappa shape index (κ2) is 5.02. The van der Waals surface area contributed by atoms with Gasteiger partial charge in [-0.2, -0.15) is 4.98 Å². The summed E-state index contributed by atoms with van der Waals surface area (Å²) in [6, 6.07) is 1.41. The fraction of sp³-hybridized carbons (Fsp3) is 0.600. The van der Waals surface area contributed by atoms with E-state index in [0.717, 1.165) is 4.57 Å². The van der Waals surface area contributed by atoms with Gasteiger partial charge in [0.25, 0.3) is 0 Å². The monoisotopic (exact) mass is 257 g/mol. The third-order valence-electron chi connectivity index (χ3n) is 2.79. The molecule has 0 radical (unpaired) electrons. The highest BCUT2D eigenvalue weighted by atomic mass is 16.6. The Kier molecular flexibility index (Phi) is 3.62. The summed E-state index contributed by atoms with van der Waals surface area (Å²) in [5.41, 5.74) is 4.72. The second-order valence-electron chi connectivity index (χ2n) is 4.04. The van der Waals surface area contributed by atoms with Crippen LogP contribution < -0.4 is 11.4 Å². The molecular formula is C10H15N3O5. The first-order chi connectivity index (χ1) is 8.54. The molecule has 0 saturated carbocycles. The van der Waals surface area contributed by atoms with Gasteiger partial charge in [-0.3, -0.25) is 4.57 Å². The lowest BCUT2D eigenvalue weighted by Crippen LogP contribution is -2.36. The minimum atomic E-state index is -1.23. The predicted octanol–water partition coefficient (Wildman–Crippen LogP) is -1.91. The molecule has 0 aromatic carbocycles. The Morgan fingerprint density at radius 2 is 2.28 bits per heavy atom. The minimum Gasteiger partial charge on any atom is -0.387 e. The van der Waals surface area contributed by atoms with Crippen molar-refractivity contribution in [3.8, 4) is 0 Å². The van der Waals surface area contributed by atoms with Crippen LogP contribution in [0.15, 0.2) is 17.1 Å². The van der Waals surface area contributed by atoms with E-state index >= 15 is 0 Å². The molecule has 100 valence electrons. The molecule has 4 N–H and O–H groups in total. The first-order valence-electron chi connectivity index (χ1n) is 5.39. The Labute approximate surface area is 103 Å². The number of nitrogen functional groups attached to an aromatic ring is 1. The van der Waals surface area contributed by atoms with E-state index in [4.69, 9.17) is 15.2 Å². The van der Waals surface area contributed by atoms with Crippen LogP contribution in [0, 0.1) is 0 Å². The average Bonchev–Trinajstić information content (AvgIpc) is 2.58. The third kappa shape index (κ3) is 2.23. The molecule has 1 fully saturated rings. The van der Waals surface area contributed by atoms with Crippen LogP contribution >= 0.6 is 0 Å². The second-order valence-corrected chi connectivity index (χ2v) is 4.04. The van der Waals surface area contributed by atoms with E-state index in [0.29, 0.717) is 0 Å². The molecule has 4 atom stereocenters. The van der Waals surface area contributed by atoms with Crippen molar-refractivity contribution in [1.29, 1.82) is 0 Å². The Morgan fingerprint density at radius 3 is 2.89 bits per heavy atom. The molecule has 1 unspecified atom stereocenters. The number of hydrogen-bond donors (Lipinski definition) is 3. The van der Waals surface area contributed by atoms with Gasteiger partial charge in [-0.1, -0.05) is 0 Å². The zero-order chi connectivity index (χ0) is 13.3. The number of aromatic nitrogens is 2. The molecule has 18 heavy (non-hydrogen) atoms. The summed E-state index contributed by atoms with van der Waals surface area (Å²) in [4.78, 5) is 15.1. The van der Waals surface area contributed by atoms with Crippen LogP contribution in [0.5, 0.6) is 0 Å². The molecule has 0 spiro atoms. The fourth-order valence-electron chi connectivity index (χ4n) is 1.88. The van der Waals surface area contributed by atoms with Gasteiger partial charge < -0.3 is 25.4 Å². The number of rotatable bonds is 3. The molecule has 1 aliphatic rings. The van der Waals surface area contributed by atoms with Gasteiger partial charge in [0.1, 0.15) is 24.1 Å². The maximum Gasteiger partial charge on any atom is 0.351 e. The zero-order valence-corrected chi connectivity index (χ0v) is 9.76. The van der Waals surface area contributed by atoms with Crippen molar-refractivity contribution >= 4 is 5.82 Å². The SMILES string of the molecule is COC[C@H]1O[C@@H](n2ccc(N)nc2=O)C(O)[C@@H]1O. The van der Waals surface area contributed by atoms with Gasteiger partial charge in [-0.25, -0.2) is 4.79 Å². The average molecular weight is 257 g/mol. The topological polar surface area (TPSA) is 120 Å². The quantitative estimate of drug-likeness (QED) is 0.578. The Balaban J connectivity index is 2.26. The van der Waals surface area contributed by atoms with Gasteiger partial charge in [-0.15, -0.1) is 0 Å². The fourth-order valence-corrected chi connectivity index (χ4v) is 1.88. The summed E-state index contributed by atoms with van der Waals surface area (Å²) in [6.45, 7) is 0.117. The molecule has 2 rings (SSSR count). The van der Waals surface area contributed by atoms with Gasteiger partial charge in [-0.05, 0) is 6.07 Å². The number of anilines is 1. The van der Waals surface area contributed by atoms with Crippen molar-refractivity contribution < 1.29 is 19.7 Å². The van der Waals surface area contributed by atoms with Crippen LogP contribution in [0.4, 0.5) is 5.82 Å². The van der Waals surface area contributed by atoms with Crippen LogP contribution in [0.3, 0.4) is 0 Å². The number of methoxy groups -OCH3 is 1. The summed E-state index contributed by atoms with van der Waals surface area (Å²) >= 11 is 0. The van der Waals surface area contributed by atoms with Crippen molar-refractivity contribution in [1.82, 2.24) is 9.55 Å². The van der Waals surface area contributed by atoms with E-state index in [1.807, 2.05) is 0 Å². The molecule has 0 aliphatic carbocycles. The highest BCUT2D eigenvalue weighted by Crippen LogP contribution is 2.28. The van der Waals surface area contributed by atoms with E-state index in [-0.39, 0.29) is 12.4 Å². The number of nitrogens with two attached hydrogens (primary N) is 1. The maximum atomic E-state index is 11.6. The van der Waals surface area contributed by atoms with E-state index < -0.39 is 30.2 Å². The summed E-state index contributed by atoms with van der Waals surface area (Å²) in [5.74, 6) is 0.0812. The van der Waals surface area contributed by atoms with E-state index in [1.54, 1.807) is 0 Å². The Hall–Kier alpha value is -1.48. The van der Waals surface area contributed by atoms with Crippen molar-refractivity contribution in [2.75, 3.05) is 19.5 Å². The van der Waals surface area contributed by atoms with Crippen LogP contribution in [0.25, 0.3) is 0 Å². The molecule has 8 heteroatoms. The summed E-state index contributed by atoms with van der Waals surface area (Å²) < 4.78 is 11.3. The zero-order valence-electron chi connectivity index (χ0n) is 9.76. The maximum absolute atomic E-state index is 11.6. The molecular weight excluding hydrogens is 242 g/mol. The molecule has 1 aromatic rings. The Morgan fingerprint density at radius 1 is 1.56 bits per heavy atom.